The van der Waals surface area contributed by atoms with E-state index in [1.54, 1.807) is 0 Å². The molecule has 0 aliphatic carbocycles. The molecule has 0 unspecified atom stereocenters. The Morgan fingerprint density at radius 2 is 1.56 bits per heavy atom. The van der Waals surface area contributed by atoms with Crippen molar-refractivity contribution in [1.82, 2.24) is 0 Å². The fourth-order valence-corrected chi connectivity index (χ4v) is 4.54. The van der Waals surface area contributed by atoms with Gasteiger partial charge in [-0.25, -0.2) is 0 Å². The molecule has 0 N–H and O–H groups in total. The molecule has 2 aromatic carbocycles. The fourth-order valence-electron chi connectivity index (χ4n) is 2.12. The van der Waals surface area contributed by atoms with E-state index in [1.807, 2.05) is 23.5 Å². The van der Waals surface area contributed by atoms with Gasteiger partial charge in [-0.2, -0.15) is 0 Å². The smallest absolute Gasteiger partial charge is 0.0294 e. The highest BCUT2D eigenvalue weighted by Gasteiger charge is 2.18. The molecule has 0 atom stereocenters. The van der Waals surface area contributed by atoms with Gasteiger partial charge < -0.3 is 0 Å². The zero-order chi connectivity index (χ0) is 12.4. The van der Waals surface area contributed by atoms with E-state index < -0.39 is 0 Å². The topological polar surface area (TPSA) is 0 Å². The van der Waals surface area contributed by atoms with Crippen LogP contribution in [0, 0.1) is 6.92 Å². The van der Waals surface area contributed by atoms with E-state index >= 15 is 0 Å². The van der Waals surface area contributed by atoms with E-state index in [2.05, 4.69) is 49.4 Å². The Hall–Kier alpha value is -0.860. The van der Waals surface area contributed by atoms with Gasteiger partial charge in [0.1, 0.15) is 0 Å². The first kappa shape index (κ1) is 12.2. The number of unbranched alkanes of at least 4 members (excludes halogenated alkanes) is 1. The zero-order valence-electron chi connectivity index (χ0n) is 10.2. The minimum absolute atomic E-state index is 1.01. The molecule has 0 amide bonds. The summed E-state index contributed by atoms with van der Waals surface area (Å²) >= 11 is 3.81. The molecule has 18 heavy (non-hydrogen) atoms. The van der Waals surface area contributed by atoms with Crippen molar-refractivity contribution in [3.63, 3.8) is 0 Å². The first-order valence-electron chi connectivity index (χ1n) is 6.24. The summed E-state index contributed by atoms with van der Waals surface area (Å²) in [5, 5.41) is 0. The zero-order valence-corrected chi connectivity index (χ0v) is 11.8. The van der Waals surface area contributed by atoms with Crippen LogP contribution in [-0.4, -0.2) is 0 Å². The fraction of sp³-hybridized carbons (Fsp3) is 0.188. The normalized spacial score (nSPS) is 12.9. The Labute approximate surface area is 117 Å². The van der Waals surface area contributed by atoms with Gasteiger partial charge in [-0.3, -0.25) is 0 Å². The second-order valence-corrected chi connectivity index (χ2v) is 6.49. The van der Waals surface area contributed by atoms with Crippen LogP contribution in [0.5, 0.6) is 0 Å². The van der Waals surface area contributed by atoms with E-state index in [1.165, 1.54) is 31.6 Å². The lowest BCUT2D eigenvalue weighted by atomic mass is 10.1. The number of hydrogen-bond donors (Lipinski definition) is 0. The van der Waals surface area contributed by atoms with Crippen LogP contribution in [0.25, 0.3) is 0 Å². The van der Waals surface area contributed by atoms with Crippen LogP contribution in [0.2, 0.25) is 0 Å². The molecule has 3 rings (SSSR count). The summed E-state index contributed by atoms with van der Waals surface area (Å²) in [5.74, 6) is 0. The molecular formula is C16H15S2. The molecule has 2 heteroatoms. The van der Waals surface area contributed by atoms with Crippen LogP contribution in [-0.2, 0) is 6.42 Å². The Balaban J connectivity index is 1.97. The van der Waals surface area contributed by atoms with Crippen molar-refractivity contribution in [2.45, 2.75) is 38.8 Å². The SMILES string of the molecule is [CH2]CCCc1cccc2c1Sc1ccccc1S2. The quantitative estimate of drug-likeness (QED) is 0.620. The molecule has 0 bridgehead atoms. The third-order valence-corrected chi connectivity index (χ3v) is 5.69. The van der Waals surface area contributed by atoms with Crippen LogP contribution < -0.4 is 0 Å². The third-order valence-electron chi connectivity index (χ3n) is 3.04. The third kappa shape index (κ3) is 2.32. The van der Waals surface area contributed by atoms with Gasteiger partial charge in [0.2, 0.25) is 0 Å². The van der Waals surface area contributed by atoms with Gasteiger partial charge in [-0.05, 0) is 36.6 Å². The molecule has 0 spiro atoms. The van der Waals surface area contributed by atoms with Crippen molar-refractivity contribution in [1.29, 1.82) is 0 Å². The number of fused-ring (bicyclic) bond motifs is 2. The summed E-state index contributed by atoms with van der Waals surface area (Å²) in [5.41, 5.74) is 1.48. The van der Waals surface area contributed by atoms with E-state index in [4.69, 9.17) is 0 Å². The van der Waals surface area contributed by atoms with Gasteiger partial charge in [0.15, 0.2) is 0 Å². The van der Waals surface area contributed by atoms with Crippen LogP contribution in [0.15, 0.2) is 62.0 Å². The number of hydrogen-bond acceptors (Lipinski definition) is 2. The van der Waals surface area contributed by atoms with Gasteiger partial charge >= 0.3 is 0 Å². The average Bonchev–Trinajstić information content (AvgIpc) is 2.43. The summed E-state index contributed by atoms with van der Waals surface area (Å²) in [4.78, 5) is 5.62. The molecule has 0 fully saturated rings. The lowest BCUT2D eigenvalue weighted by Crippen LogP contribution is -1.95. The molecular weight excluding hydrogens is 256 g/mol. The summed E-state index contributed by atoms with van der Waals surface area (Å²) in [7, 11) is 0. The maximum absolute atomic E-state index is 3.94. The van der Waals surface area contributed by atoms with E-state index in [9.17, 15) is 0 Å². The summed E-state index contributed by atoms with van der Waals surface area (Å²) in [6.45, 7) is 3.94. The Morgan fingerprint density at radius 3 is 2.33 bits per heavy atom. The van der Waals surface area contributed by atoms with Gasteiger partial charge in [-0.1, -0.05) is 61.1 Å². The van der Waals surface area contributed by atoms with Crippen molar-refractivity contribution >= 4 is 23.5 Å². The molecule has 0 aromatic heterocycles. The minimum atomic E-state index is 1.01. The molecule has 0 saturated heterocycles. The van der Waals surface area contributed by atoms with E-state index in [0.29, 0.717) is 0 Å². The lowest BCUT2D eigenvalue weighted by Gasteiger charge is -2.20. The van der Waals surface area contributed by atoms with E-state index in [-0.39, 0.29) is 0 Å². The number of rotatable bonds is 3. The molecule has 1 radical (unpaired) electrons. The number of benzene rings is 2. The number of aryl methyl sites for hydroxylation is 1. The van der Waals surface area contributed by atoms with Crippen LogP contribution in [0.4, 0.5) is 0 Å². The van der Waals surface area contributed by atoms with E-state index in [0.717, 1.165) is 12.8 Å². The van der Waals surface area contributed by atoms with Gasteiger partial charge in [0, 0.05) is 19.6 Å². The minimum Gasteiger partial charge on any atom is -0.0877 e. The van der Waals surface area contributed by atoms with Crippen molar-refractivity contribution in [2.75, 3.05) is 0 Å². The van der Waals surface area contributed by atoms with Crippen LogP contribution >= 0.6 is 23.5 Å². The standard InChI is InChI=1S/C16H15S2/c1-2-3-7-12-8-6-11-15-16(12)18-14-10-5-4-9-13(14)17-15/h4-6,8-11H,1-3,7H2. The molecule has 1 aliphatic rings. The average molecular weight is 271 g/mol. The highest BCUT2D eigenvalue weighted by Crippen LogP contribution is 2.49. The second kappa shape index (κ2) is 5.41. The Bertz CT molecular complexity index is 561. The highest BCUT2D eigenvalue weighted by atomic mass is 32.2. The predicted octanol–water partition coefficient (Wildman–Crippen LogP) is 5.46. The molecule has 0 saturated carbocycles. The van der Waals surface area contributed by atoms with Crippen molar-refractivity contribution in [3.8, 4) is 0 Å². The largest absolute Gasteiger partial charge is 0.0877 e. The van der Waals surface area contributed by atoms with Gasteiger partial charge in [0.25, 0.3) is 0 Å². The summed E-state index contributed by atoms with van der Waals surface area (Å²) in [6.07, 6.45) is 3.32. The molecule has 1 heterocycles. The lowest BCUT2D eigenvalue weighted by molar-refractivity contribution is 0.820. The maximum Gasteiger partial charge on any atom is 0.0294 e. The maximum atomic E-state index is 3.94. The van der Waals surface area contributed by atoms with Crippen molar-refractivity contribution < 1.29 is 0 Å². The van der Waals surface area contributed by atoms with Crippen LogP contribution in [0.3, 0.4) is 0 Å². The molecule has 1 aliphatic heterocycles. The Morgan fingerprint density at radius 1 is 0.833 bits per heavy atom. The second-order valence-electron chi connectivity index (χ2n) is 4.35. The van der Waals surface area contributed by atoms with Gasteiger partial charge in [-0.15, -0.1) is 0 Å². The summed E-state index contributed by atoms with van der Waals surface area (Å²) in [6, 6.07) is 15.3. The Kier molecular flexibility index (Phi) is 3.67. The summed E-state index contributed by atoms with van der Waals surface area (Å²) < 4.78 is 0. The van der Waals surface area contributed by atoms with Crippen LogP contribution in [0.1, 0.15) is 18.4 Å². The molecule has 91 valence electrons. The first-order valence-corrected chi connectivity index (χ1v) is 7.87. The van der Waals surface area contributed by atoms with Crippen molar-refractivity contribution in [3.05, 3.63) is 55.0 Å². The molecule has 2 aromatic rings. The molecule has 0 nitrogen and oxygen atoms in total. The first-order chi connectivity index (χ1) is 8.88. The highest BCUT2D eigenvalue weighted by molar-refractivity contribution is 8.05. The predicted molar refractivity (Wildman–Crippen MR) is 79.4 cm³/mol. The van der Waals surface area contributed by atoms with Crippen molar-refractivity contribution in [2.24, 2.45) is 0 Å². The van der Waals surface area contributed by atoms with Gasteiger partial charge in [0.05, 0.1) is 0 Å². The monoisotopic (exact) mass is 271 g/mol.